The minimum atomic E-state index is -0.661. The summed E-state index contributed by atoms with van der Waals surface area (Å²) in [5, 5.41) is 9.94. The highest BCUT2D eigenvalue weighted by Crippen LogP contribution is 2.27. The first-order valence-corrected chi connectivity index (χ1v) is 8.03. The molecule has 2 rings (SSSR count). The number of rotatable bonds is 4. The molecule has 6 nitrogen and oxygen atoms in total. The molecule has 0 saturated carbocycles. The normalized spacial score (nSPS) is 11.2. The Morgan fingerprint density at radius 1 is 1.24 bits per heavy atom. The molecule has 0 aliphatic carbocycles. The van der Waals surface area contributed by atoms with E-state index in [2.05, 4.69) is 4.98 Å². The number of hydrogen-bond donors (Lipinski definition) is 2. The minimum absolute atomic E-state index is 0.0657. The summed E-state index contributed by atoms with van der Waals surface area (Å²) in [7, 11) is 0. The minimum Gasteiger partial charge on any atom is -0.506 e. The molecule has 1 heterocycles. The van der Waals surface area contributed by atoms with Crippen molar-refractivity contribution < 1.29 is 14.7 Å². The van der Waals surface area contributed by atoms with Crippen LogP contribution in [-0.4, -0.2) is 27.4 Å². The Hall–Kier alpha value is -2.60. The fraction of sp³-hybridized carbons (Fsp3) is 0.278. The van der Waals surface area contributed by atoms with Gasteiger partial charge >= 0.3 is 0 Å². The van der Waals surface area contributed by atoms with Gasteiger partial charge in [-0.3, -0.25) is 14.6 Å². The Labute approximate surface area is 151 Å². The molecule has 0 bridgehead atoms. The largest absolute Gasteiger partial charge is 0.506 e. The zero-order valence-electron chi connectivity index (χ0n) is 14.3. The molecule has 0 unspecified atom stereocenters. The van der Waals surface area contributed by atoms with Crippen LogP contribution in [0, 0.1) is 0 Å². The van der Waals surface area contributed by atoms with E-state index in [1.807, 2.05) is 20.8 Å². The smallest absolute Gasteiger partial charge is 0.267 e. The third-order valence-electron chi connectivity index (χ3n) is 3.54. The monoisotopic (exact) mass is 361 g/mol. The highest BCUT2D eigenvalue weighted by Gasteiger charge is 2.28. The van der Waals surface area contributed by atoms with Crippen molar-refractivity contribution in [1.82, 2.24) is 4.98 Å². The third kappa shape index (κ3) is 4.48. The quantitative estimate of drug-likeness (QED) is 0.874. The second-order valence-electron chi connectivity index (χ2n) is 6.63. The Morgan fingerprint density at radius 3 is 2.48 bits per heavy atom. The lowest BCUT2D eigenvalue weighted by Gasteiger charge is -2.36. The van der Waals surface area contributed by atoms with Crippen molar-refractivity contribution in [3.63, 3.8) is 0 Å². The van der Waals surface area contributed by atoms with Gasteiger partial charge in [0.15, 0.2) is 0 Å². The van der Waals surface area contributed by atoms with Crippen LogP contribution in [0.3, 0.4) is 0 Å². The maximum Gasteiger partial charge on any atom is 0.267 e. The Kier molecular flexibility index (Phi) is 5.33. The number of phenols is 1. The Bertz CT molecular complexity index is 815. The first-order valence-electron chi connectivity index (χ1n) is 7.66. The number of primary amides is 1. The van der Waals surface area contributed by atoms with Gasteiger partial charge in [0.25, 0.3) is 5.91 Å². The molecular formula is C18H20ClN3O3. The van der Waals surface area contributed by atoms with Crippen LogP contribution in [0.5, 0.6) is 5.75 Å². The molecule has 2 amide bonds. The predicted molar refractivity (Wildman–Crippen MR) is 96.8 cm³/mol. The molecule has 7 heteroatoms. The summed E-state index contributed by atoms with van der Waals surface area (Å²) >= 11 is 5.80. The van der Waals surface area contributed by atoms with Gasteiger partial charge < -0.3 is 15.7 Å². The highest BCUT2D eigenvalue weighted by molar-refractivity contribution is 6.32. The molecule has 0 saturated heterocycles. The van der Waals surface area contributed by atoms with Crippen LogP contribution in [0.2, 0.25) is 5.02 Å². The second kappa shape index (κ2) is 7.11. The summed E-state index contributed by atoms with van der Waals surface area (Å²) < 4.78 is 0. The van der Waals surface area contributed by atoms with Crippen molar-refractivity contribution in [3.8, 4) is 5.75 Å². The zero-order chi connectivity index (χ0) is 18.8. The standard InChI is InChI=1S/C18H20ClN3O3/c1-18(2,3)22(12-6-7-21-14(10-12)17(20)25)16(24)9-11-4-5-13(19)15(23)8-11/h4-8,10,23H,9H2,1-3H3,(H2,20,25). The van der Waals surface area contributed by atoms with Crippen molar-refractivity contribution in [1.29, 1.82) is 0 Å². The van der Waals surface area contributed by atoms with Crippen molar-refractivity contribution in [2.24, 2.45) is 5.73 Å². The molecule has 0 fully saturated rings. The highest BCUT2D eigenvalue weighted by atomic mass is 35.5. The molecule has 0 aliphatic heterocycles. The summed E-state index contributed by atoms with van der Waals surface area (Å²) in [5.41, 5.74) is 5.98. The molecule has 3 N–H and O–H groups in total. The number of nitrogens with two attached hydrogens (primary N) is 1. The van der Waals surface area contributed by atoms with Crippen LogP contribution in [0.1, 0.15) is 36.8 Å². The third-order valence-corrected chi connectivity index (χ3v) is 3.86. The molecule has 132 valence electrons. The summed E-state index contributed by atoms with van der Waals surface area (Å²) in [6.45, 7) is 5.65. The van der Waals surface area contributed by atoms with Gasteiger partial charge in [0.1, 0.15) is 11.4 Å². The van der Waals surface area contributed by atoms with E-state index < -0.39 is 11.4 Å². The number of anilines is 1. The number of amides is 2. The van der Waals surface area contributed by atoms with Crippen molar-refractivity contribution in [2.75, 3.05) is 4.90 Å². The van der Waals surface area contributed by atoms with Crippen molar-refractivity contribution >= 4 is 29.1 Å². The van der Waals surface area contributed by atoms with Gasteiger partial charge in [0, 0.05) is 17.4 Å². The number of aromatic nitrogens is 1. The lowest BCUT2D eigenvalue weighted by Crippen LogP contribution is -2.46. The van der Waals surface area contributed by atoms with E-state index >= 15 is 0 Å². The van der Waals surface area contributed by atoms with Gasteiger partial charge in [-0.2, -0.15) is 0 Å². The summed E-state index contributed by atoms with van der Waals surface area (Å²) in [4.78, 5) is 29.8. The number of aromatic hydroxyl groups is 1. The summed E-state index contributed by atoms with van der Waals surface area (Å²) in [5.74, 6) is -0.934. The first kappa shape index (κ1) is 18.7. The van der Waals surface area contributed by atoms with Gasteiger partial charge in [0.05, 0.1) is 11.4 Å². The fourth-order valence-electron chi connectivity index (χ4n) is 2.52. The number of phenolic OH excluding ortho intramolecular Hbond substituents is 1. The Balaban J connectivity index is 2.37. The Morgan fingerprint density at radius 2 is 1.92 bits per heavy atom. The van der Waals surface area contributed by atoms with Gasteiger partial charge in [-0.1, -0.05) is 17.7 Å². The molecule has 0 aliphatic rings. The molecule has 0 spiro atoms. The summed E-state index contributed by atoms with van der Waals surface area (Å²) in [6.07, 6.45) is 1.51. The number of pyridine rings is 1. The molecule has 25 heavy (non-hydrogen) atoms. The second-order valence-corrected chi connectivity index (χ2v) is 7.03. The number of halogens is 1. The van der Waals surface area contributed by atoms with Crippen molar-refractivity contribution in [2.45, 2.75) is 32.7 Å². The van der Waals surface area contributed by atoms with Gasteiger partial charge in [-0.25, -0.2) is 0 Å². The van der Waals surface area contributed by atoms with Crippen LogP contribution < -0.4 is 10.6 Å². The maximum absolute atomic E-state index is 12.9. The molecule has 0 atom stereocenters. The van der Waals surface area contributed by atoms with Crippen LogP contribution in [-0.2, 0) is 11.2 Å². The van der Waals surface area contributed by atoms with Crippen LogP contribution >= 0.6 is 11.6 Å². The van der Waals surface area contributed by atoms with Gasteiger partial charge in [-0.15, -0.1) is 0 Å². The molecule has 1 aromatic heterocycles. The lowest BCUT2D eigenvalue weighted by molar-refractivity contribution is -0.118. The van der Waals surface area contributed by atoms with Crippen LogP contribution in [0.15, 0.2) is 36.5 Å². The molecule has 0 radical (unpaired) electrons. The van der Waals surface area contributed by atoms with E-state index in [1.165, 1.54) is 18.3 Å². The van der Waals surface area contributed by atoms with E-state index in [4.69, 9.17) is 17.3 Å². The SMILES string of the molecule is CC(C)(C)N(C(=O)Cc1ccc(Cl)c(O)c1)c1ccnc(C(N)=O)c1. The average molecular weight is 362 g/mol. The number of hydrogen-bond acceptors (Lipinski definition) is 4. The van der Waals surface area contributed by atoms with E-state index in [-0.39, 0.29) is 28.8 Å². The molecule has 2 aromatic rings. The maximum atomic E-state index is 12.9. The molecular weight excluding hydrogens is 342 g/mol. The predicted octanol–water partition coefficient (Wildman–Crippen LogP) is 2.91. The van der Waals surface area contributed by atoms with Crippen LogP contribution in [0.4, 0.5) is 5.69 Å². The van der Waals surface area contributed by atoms with Gasteiger partial charge in [-0.05, 0) is 50.6 Å². The van der Waals surface area contributed by atoms with E-state index in [0.29, 0.717) is 11.3 Å². The number of benzene rings is 1. The van der Waals surface area contributed by atoms with Gasteiger partial charge in [0.2, 0.25) is 5.91 Å². The number of carbonyl (C=O) groups is 2. The lowest BCUT2D eigenvalue weighted by atomic mass is 10.0. The average Bonchev–Trinajstić information content (AvgIpc) is 2.50. The fourth-order valence-corrected chi connectivity index (χ4v) is 2.64. The van der Waals surface area contributed by atoms with Crippen molar-refractivity contribution in [3.05, 3.63) is 52.8 Å². The number of nitrogens with zero attached hydrogens (tertiary/aromatic N) is 2. The molecule has 1 aromatic carbocycles. The summed E-state index contributed by atoms with van der Waals surface area (Å²) in [6, 6.07) is 7.82. The van der Waals surface area contributed by atoms with E-state index in [1.54, 1.807) is 23.1 Å². The van der Waals surface area contributed by atoms with Crippen LogP contribution in [0.25, 0.3) is 0 Å². The topological polar surface area (TPSA) is 96.5 Å². The number of carbonyl (C=O) groups excluding carboxylic acids is 2. The van der Waals surface area contributed by atoms with E-state index in [0.717, 1.165) is 0 Å². The first-order chi connectivity index (χ1) is 11.6. The zero-order valence-corrected chi connectivity index (χ0v) is 15.0. The van der Waals surface area contributed by atoms with E-state index in [9.17, 15) is 14.7 Å².